The van der Waals surface area contributed by atoms with Gasteiger partial charge in [-0.1, -0.05) is 18.2 Å². The lowest BCUT2D eigenvalue weighted by molar-refractivity contribution is -0.392. The number of para-hydroxylation sites is 1. The SMILES string of the molecule is Cc1ncc([N+](=O)[O-])n1CC(=O)NNC(=O)Cc1c[nH]c2ccccc12. The Morgan fingerprint density at radius 1 is 1.27 bits per heavy atom. The Bertz CT molecular complexity index is 990. The number of fused-ring (bicyclic) bond motifs is 1. The summed E-state index contributed by atoms with van der Waals surface area (Å²) in [6.07, 6.45) is 2.90. The van der Waals surface area contributed by atoms with Crippen molar-refractivity contribution >= 4 is 28.5 Å². The third-order valence-corrected chi connectivity index (χ3v) is 3.89. The molecule has 1 aromatic carbocycles. The molecule has 2 amide bonds. The summed E-state index contributed by atoms with van der Waals surface area (Å²) in [4.78, 5) is 41.2. The van der Waals surface area contributed by atoms with Gasteiger partial charge in [-0.15, -0.1) is 0 Å². The third kappa shape index (κ3) is 3.53. The minimum Gasteiger partial charge on any atom is -0.361 e. The van der Waals surface area contributed by atoms with Crippen molar-refractivity contribution in [2.45, 2.75) is 19.9 Å². The number of hydrazine groups is 1. The molecule has 0 aliphatic heterocycles. The lowest BCUT2D eigenvalue weighted by Crippen LogP contribution is -2.44. The molecule has 3 N–H and O–H groups in total. The molecular formula is C16H16N6O4. The van der Waals surface area contributed by atoms with E-state index in [4.69, 9.17) is 0 Å². The number of H-pyrrole nitrogens is 1. The van der Waals surface area contributed by atoms with Crippen molar-refractivity contribution in [2.24, 2.45) is 0 Å². The summed E-state index contributed by atoms with van der Waals surface area (Å²) in [6, 6.07) is 7.56. The molecule has 0 aliphatic rings. The Balaban J connectivity index is 1.57. The fourth-order valence-corrected chi connectivity index (χ4v) is 2.62. The van der Waals surface area contributed by atoms with Crippen molar-refractivity contribution in [1.29, 1.82) is 0 Å². The molecular weight excluding hydrogens is 340 g/mol. The molecule has 10 nitrogen and oxygen atoms in total. The van der Waals surface area contributed by atoms with E-state index in [2.05, 4.69) is 20.8 Å². The summed E-state index contributed by atoms with van der Waals surface area (Å²) in [5, 5.41) is 11.8. The van der Waals surface area contributed by atoms with Gasteiger partial charge in [0, 0.05) is 24.0 Å². The van der Waals surface area contributed by atoms with Gasteiger partial charge in [-0.3, -0.25) is 20.4 Å². The number of hydrogen-bond acceptors (Lipinski definition) is 5. The smallest absolute Gasteiger partial charge is 0.343 e. The second-order valence-corrected chi connectivity index (χ2v) is 5.64. The van der Waals surface area contributed by atoms with Gasteiger partial charge < -0.3 is 15.1 Å². The summed E-state index contributed by atoms with van der Waals surface area (Å²) in [5.41, 5.74) is 6.28. The summed E-state index contributed by atoms with van der Waals surface area (Å²) >= 11 is 0. The van der Waals surface area contributed by atoms with E-state index in [9.17, 15) is 19.7 Å². The van der Waals surface area contributed by atoms with E-state index >= 15 is 0 Å². The van der Waals surface area contributed by atoms with Crippen LogP contribution in [0.5, 0.6) is 0 Å². The minimum absolute atomic E-state index is 0.0779. The zero-order valence-corrected chi connectivity index (χ0v) is 13.9. The molecule has 3 rings (SSSR count). The van der Waals surface area contributed by atoms with Crippen LogP contribution in [-0.4, -0.2) is 31.3 Å². The van der Waals surface area contributed by atoms with Crippen LogP contribution in [0.2, 0.25) is 0 Å². The molecule has 0 bridgehead atoms. The van der Waals surface area contributed by atoms with E-state index < -0.39 is 16.7 Å². The molecule has 0 saturated carbocycles. The van der Waals surface area contributed by atoms with Crippen LogP contribution in [0.15, 0.2) is 36.7 Å². The van der Waals surface area contributed by atoms with Gasteiger partial charge in [-0.2, -0.15) is 0 Å². The molecule has 26 heavy (non-hydrogen) atoms. The monoisotopic (exact) mass is 356 g/mol. The fraction of sp³-hybridized carbons (Fsp3) is 0.188. The Morgan fingerprint density at radius 2 is 2.00 bits per heavy atom. The molecule has 0 unspecified atom stereocenters. The fourth-order valence-electron chi connectivity index (χ4n) is 2.62. The van der Waals surface area contributed by atoms with Gasteiger partial charge in [0.2, 0.25) is 5.91 Å². The van der Waals surface area contributed by atoms with Crippen molar-refractivity contribution in [2.75, 3.05) is 0 Å². The van der Waals surface area contributed by atoms with E-state index in [-0.39, 0.29) is 18.8 Å². The highest BCUT2D eigenvalue weighted by atomic mass is 16.6. The Kier molecular flexibility index (Phi) is 4.65. The number of aromatic nitrogens is 3. The normalized spacial score (nSPS) is 10.7. The topological polar surface area (TPSA) is 135 Å². The van der Waals surface area contributed by atoms with Crippen LogP contribution in [0, 0.1) is 17.0 Å². The standard InChI is InChI=1S/C16H16N6O4/c1-10-17-8-16(22(25)26)21(10)9-15(24)20-19-14(23)6-11-7-18-13-5-3-2-4-12(11)13/h2-5,7-8,18H,6,9H2,1H3,(H,19,23)(H,20,24). The number of amides is 2. The van der Waals surface area contributed by atoms with Crippen molar-refractivity contribution in [3.05, 3.63) is 58.2 Å². The van der Waals surface area contributed by atoms with Gasteiger partial charge in [0.25, 0.3) is 5.91 Å². The maximum absolute atomic E-state index is 12.0. The summed E-state index contributed by atoms with van der Waals surface area (Å²) in [6.45, 7) is 1.23. The number of nitrogens with zero attached hydrogens (tertiary/aromatic N) is 3. The Morgan fingerprint density at radius 3 is 2.77 bits per heavy atom. The second kappa shape index (κ2) is 7.05. The molecule has 10 heteroatoms. The Labute approximate surface area is 147 Å². The molecule has 2 heterocycles. The number of imidazole rings is 1. The van der Waals surface area contributed by atoms with Crippen LogP contribution >= 0.6 is 0 Å². The lowest BCUT2D eigenvalue weighted by atomic mass is 10.1. The number of benzene rings is 1. The van der Waals surface area contributed by atoms with Crippen LogP contribution < -0.4 is 10.9 Å². The van der Waals surface area contributed by atoms with Gasteiger partial charge in [0.05, 0.1) is 6.42 Å². The highest BCUT2D eigenvalue weighted by molar-refractivity contribution is 5.89. The van der Waals surface area contributed by atoms with Gasteiger partial charge >= 0.3 is 5.82 Å². The largest absolute Gasteiger partial charge is 0.361 e. The predicted octanol–water partition coefficient (Wildman–Crippen LogP) is 0.971. The minimum atomic E-state index is -0.622. The van der Waals surface area contributed by atoms with E-state index in [1.54, 1.807) is 13.1 Å². The first-order chi connectivity index (χ1) is 12.5. The number of aryl methyl sites for hydroxylation is 1. The van der Waals surface area contributed by atoms with Crippen molar-refractivity contribution in [1.82, 2.24) is 25.4 Å². The first-order valence-corrected chi connectivity index (χ1v) is 7.75. The molecule has 0 fully saturated rings. The molecule has 3 aromatic rings. The van der Waals surface area contributed by atoms with Gasteiger partial charge in [0.15, 0.2) is 12.4 Å². The van der Waals surface area contributed by atoms with Crippen molar-refractivity contribution in [3.63, 3.8) is 0 Å². The average Bonchev–Trinajstić information content (AvgIpc) is 3.18. The molecule has 2 aromatic heterocycles. The summed E-state index contributed by atoms with van der Waals surface area (Å²) in [5.74, 6) is -0.957. The van der Waals surface area contributed by atoms with Crippen LogP contribution in [0.4, 0.5) is 5.82 Å². The number of carbonyl (C=O) groups is 2. The number of nitrogens with one attached hydrogen (secondary N) is 3. The quantitative estimate of drug-likeness (QED) is 0.462. The second-order valence-electron chi connectivity index (χ2n) is 5.64. The summed E-state index contributed by atoms with van der Waals surface area (Å²) < 4.78 is 1.15. The third-order valence-electron chi connectivity index (χ3n) is 3.89. The first-order valence-electron chi connectivity index (χ1n) is 7.75. The zero-order chi connectivity index (χ0) is 18.7. The van der Waals surface area contributed by atoms with Crippen LogP contribution in [0.1, 0.15) is 11.4 Å². The molecule has 0 aliphatic carbocycles. The van der Waals surface area contributed by atoms with Crippen LogP contribution in [-0.2, 0) is 22.6 Å². The maximum Gasteiger partial charge on any atom is 0.343 e. The number of rotatable bonds is 5. The van der Waals surface area contributed by atoms with Gasteiger partial charge in [0.1, 0.15) is 6.20 Å². The first kappa shape index (κ1) is 17.1. The van der Waals surface area contributed by atoms with Crippen LogP contribution in [0.25, 0.3) is 10.9 Å². The highest BCUT2D eigenvalue weighted by Gasteiger charge is 2.20. The molecule has 0 radical (unpaired) electrons. The average molecular weight is 356 g/mol. The van der Waals surface area contributed by atoms with Gasteiger partial charge in [-0.25, -0.2) is 9.55 Å². The molecule has 0 atom stereocenters. The zero-order valence-electron chi connectivity index (χ0n) is 13.9. The van der Waals surface area contributed by atoms with Crippen LogP contribution in [0.3, 0.4) is 0 Å². The maximum atomic E-state index is 12.0. The van der Waals surface area contributed by atoms with E-state index in [0.29, 0.717) is 5.82 Å². The van der Waals surface area contributed by atoms with Crippen molar-refractivity contribution in [3.8, 4) is 0 Å². The predicted molar refractivity (Wildman–Crippen MR) is 91.9 cm³/mol. The van der Waals surface area contributed by atoms with Crippen molar-refractivity contribution < 1.29 is 14.5 Å². The number of hydrogen-bond donors (Lipinski definition) is 3. The van der Waals surface area contributed by atoms with E-state index in [1.807, 2.05) is 24.3 Å². The Hall–Kier alpha value is -3.69. The van der Waals surface area contributed by atoms with E-state index in [1.165, 1.54) is 0 Å². The number of nitro groups is 1. The molecule has 0 saturated heterocycles. The number of aromatic amines is 1. The molecule has 0 spiro atoms. The van der Waals surface area contributed by atoms with E-state index in [0.717, 1.165) is 27.2 Å². The lowest BCUT2D eigenvalue weighted by Gasteiger charge is -2.07. The number of carbonyl (C=O) groups excluding carboxylic acids is 2. The molecule has 134 valence electrons. The highest BCUT2D eigenvalue weighted by Crippen LogP contribution is 2.17. The van der Waals surface area contributed by atoms with Gasteiger partial charge in [-0.05, 0) is 16.6 Å². The summed E-state index contributed by atoms with van der Waals surface area (Å²) in [7, 11) is 0.